The van der Waals surface area contributed by atoms with Gasteiger partial charge >= 0.3 is 12.1 Å². The fourth-order valence-corrected chi connectivity index (χ4v) is 5.02. The molecule has 0 saturated heterocycles. The smallest absolute Gasteiger partial charge is 0.413 e. The van der Waals surface area contributed by atoms with Crippen molar-refractivity contribution in [3.05, 3.63) is 95.7 Å². The highest BCUT2D eigenvalue weighted by atomic mass is 16.6. The second-order valence-corrected chi connectivity index (χ2v) is 10.0. The van der Waals surface area contributed by atoms with Gasteiger partial charge in [-0.25, -0.2) is 4.79 Å². The maximum Gasteiger partial charge on any atom is 0.413 e. The third-order valence-electron chi connectivity index (χ3n) is 7.45. The number of carbonyl (C=O) groups excluding carboxylic acids is 2. The molecule has 4 aromatic rings. The molecule has 1 fully saturated rings. The van der Waals surface area contributed by atoms with Gasteiger partial charge in [-0.2, -0.15) is 5.10 Å². The number of hydrogen-bond acceptors (Lipinski definition) is 5. The molecule has 1 amide bonds. The number of hydrogen-bond donors (Lipinski definition) is 1. The summed E-state index contributed by atoms with van der Waals surface area (Å²) in [5, 5.41) is 7.22. The van der Waals surface area contributed by atoms with Crippen LogP contribution in [0.3, 0.4) is 0 Å². The number of nitrogens with one attached hydrogen (secondary N) is 1. The number of esters is 1. The van der Waals surface area contributed by atoms with Crippen molar-refractivity contribution in [2.24, 2.45) is 7.05 Å². The molecule has 7 heteroatoms. The first-order valence-corrected chi connectivity index (χ1v) is 13.3. The highest BCUT2D eigenvalue weighted by Gasteiger charge is 2.52. The van der Waals surface area contributed by atoms with Crippen LogP contribution in [-0.4, -0.2) is 28.4 Å². The minimum absolute atomic E-state index is 0.128. The van der Waals surface area contributed by atoms with E-state index in [2.05, 4.69) is 10.4 Å². The lowest BCUT2D eigenvalue weighted by Gasteiger charge is -2.17. The molecule has 0 spiro atoms. The fraction of sp³-hybridized carbons (Fsp3) is 0.281. The summed E-state index contributed by atoms with van der Waals surface area (Å²) in [7, 11) is 1.78. The lowest BCUT2D eigenvalue weighted by atomic mass is 9.93. The number of amides is 1. The molecule has 3 aromatic carbocycles. The average molecular weight is 524 g/mol. The summed E-state index contributed by atoms with van der Waals surface area (Å²) in [6, 6.07) is 24.1. The quantitative estimate of drug-likeness (QED) is 0.252. The molecule has 1 aromatic heterocycles. The van der Waals surface area contributed by atoms with Crippen molar-refractivity contribution in [1.29, 1.82) is 0 Å². The summed E-state index contributed by atoms with van der Waals surface area (Å²) in [4.78, 5) is 25.2. The molecule has 7 nitrogen and oxygen atoms in total. The minimum Gasteiger partial charge on any atom is -0.465 e. The summed E-state index contributed by atoms with van der Waals surface area (Å²) >= 11 is 0. The number of ether oxygens (including phenoxy) is 2. The first-order valence-electron chi connectivity index (χ1n) is 13.3. The third-order valence-corrected chi connectivity index (χ3v) is 7.45. The molecule has 200 valence electrons. The van der Waals surface area contributed by atoms with Gasteiger partial charge in [-0.05, 0) is 67.0 Å². The summed E-state index contributed by atoms with van der Waals surface area (Å²) in [5.41, 5.74) is 6.40. The summed E-state index contributed by atoms with van der Waals surface area (Å²) in [6.07, 6.45) is 2.47. The maximum atomic E-state index is 12.8. The molecular formula is C32H33N3O4. The Balaban J connectivity index is 1.29. The molecule has 1 unspecified atom stereocenters. The number of rotatable bonds is 8. The highest BCUT2D eigenvalue weighted by Crippen LogP contribution is 2.49. The van der Waals surface area contributed by atoms with E-state index in [0.717, 1.165) is 51.8 Å². The third kappa shape index (κ3) is 5.30. The lowest BCUT2D eigenvalue weighted by Crippen LogP contribution is -2.23. The SMILES string of the molecule is CCOC(=O)C1(c2ccc(-c3ccc(-c4cnn(C)c4NC(=O)OC(C)c4ccccc4C)cc3)cc2)CC1. The topological polar surface area (TPSA) is 82.5 Å². The zero-order valence-electron chi connectivity index (χ0n) is 22.7. The van der Waals surface area contributed by atoms with Crippen molar-refractivity contribution in [1.82, 2.24) is 9.78 Å². The summed E-state index contributed by atoms with van der Waals surface area (Å²) in [5.74, 6) is 0.430. The molecule has 1 heterocycles. The average Bonchev–Trinajstić information content (AvgIpc) is 3.68. The summed E-state index contributed by atoms with van der Waals surface area (Å²) < 4.78 is 12.6. The molecule has 39 heavy (non-hydrogen) atoms. The van der Waals surface area contributed by atoms with Crippen LogP contribution in [0.2, 0.25) is 0 Å². The number of aromatic nitrogens is 2. The Morgan fingerprint density at radius 3 is 2.21 bits per heavy atom. The predicted octanol–water partition coefficient (Wildman–Crippen LogP) is 6.97. The molecule has 0 bridgehead atoms. The summed E-state index contributed by atoms with van der Waals surface area (Å²) in [6.45, 7) is 6.09. The number of benzene rings is 3. The molecule has 5 rings (SSSR count). The Morgan fingerprint density at radius 1 is 0.974 bits per heavy atom. The van der Waals surface area contributed by atoms with E-state index < -0.39 is 11.5 Å². The molecule has 1 aliphatic rings. The van der Waals surface area contributed by atoms with Gasteiger partial charge in [0, 0.05) is 12.6 Å². The molecule has 0 radical (unpaired) electrons. The fourth-order valence-electron chi connectivity index (χ4n) is 5.02. The van der Waals surface area contributed by atoms with Crippen LogP contribution in [0, 0.1) is 6.92 Å². The van der Waals surface area contributed by atoms with Crippen LogP contribution in [0.5, 0.6) is 0 Å². The molecule has 0 aliphatic heterocycles. The van der Waals surface area contributed by atoms with Crippen LogP contribution >= 0.6 is 0 Å². The minimum atomic E-state index is -0.538. The van der Waals surface area contributed by atoms with Crippen LogP contribution in [0.4, 0.5) is 10.6 Å². The van der Waals surface area contributed by atoms with Gasteiger partial charge in [-0.1, -0.05) is 72.8 Å². The Kier molecular flexibility index (Phi) is 7.24. The Hall–Kier alpha value is -4.39. The maximum absolute atomic E-state index is 12.8. The van der Waals surface area contributed by atoms with Crippen molar-refractivity contribution in [2.45, 2.75) is 45.1 Å². The first kappa shape index (κ1) is 26.2. The van der Waals surface area contributed by atoms with Crippen molar-refractivity contribution in [3.8, 4) is 22.3 Å². The van der Waals surface area contributed by atoms with Crippen molar-refractivity contribution in [3.63, 3.8) is 0 Å². The predicted molar refractivity (Wildman–Crippen MR) is 151 cm³/mol. The standard InChI is InChI=1S/C32H33N3O4/c1-5-38-30(36)32(18-19-32)26-16-14-24(15-17-26)23-10-12-25(13-11-23)28-20-33-35(4)29(28)34-31(37)39-22(3)27-9-7-6-8-21(27)2/h6-17,20,22H,5,18-19H2,1-4H3,(H,34,37). The first-order chi connectivity index (χ1) is 18.8. The van der Waals surface area contributed by atoms with Crippen LogP contribution < -0.4 is 5.32 Å². The van der Waals surface area contributed by atoms with Crippen molar-refractivity contribution in [2.75, 3.05) is 11.9 Å². The Bertz CT molecular complexity index is 1480. The van der Waals surface area contributed by atoms with Gasteiger partial charge in [0.1, 0.15) is 11.9 Å². The molecule has 1 saturated carbocycles. The molecule has 1 atom stereocenters. The number of anilines is 1. The monoisotopic (exact) mass is 523 g/mol. The largest absolute Gasteiger partial charge is 0.465 e. The zero-order chi connectivity index (χ0) is 27.6. The van der Waals surface area contributed by atoms with Gasteiger partial charge in [0.05, 0.1) is 18.2 Å². The highest BCUT2D eigenvalue weighted by molar-refractivity contribution is 5.90. The normalized spacial score (nSPS) is 14.4. The van der Waals surface area contributed by atoms with E-state index in [-0.39, 0.29) is 12.1 Å². The van der Waals surface area contributed by atoms with Crippen LogP contribution in [0.1, 0.15) is 49.5 Å². The van der Waals surface area contributed by atoms with Crippen LogP contribution in [-0.2, 0) is 26.7 Å². The van der Waals surface area contributed by atoms with E-state index in [4.69, 9.17) is 9.47 Å². The van der Waals surface area contributed by atoms with Crippen molar-refractivity contribution < 1.29 is 19.1 Å². The van der Waals surface area contributed by atoms with Crippen LogP contribution in [0.25, 0.3) is 22.3 Å². The lowest BCUT2D eigenvalue weighted by molar-refractivity contribution is -0.146. The van der Waals surface area contributed by atoms with E-state index in [1.54, 1.807) is 17.9 Å². The van der Waals surface area contributed by atoms with Gasteiger partial charge in [-0.15, -0.1) is 0 Å². The van der Waals surface area contributed by atoms with Gasteiger partial charge in [0.15, 0.2) is 0 Å². The van der Waals surface area contributed by atoms with Gasteiger partial charge in [0.25, 0.3) is 0 Å². The van der Waals surface area contributed by atoms with Gasteiger partial charge in [-0.3, -0.25) is 14.8 Å². The van der Waals surface area contributed by atoms with Crippen molar-refractivity contribution >= 4 is 17.9 Å². The number of aryl methyl sites for hydroxylation is 2. The molecular weight excluding hydrogens is 490 g/mol. The molecule has 1 aliphatic carbocycles. The van der Waals surface area contributed by atoms with Crippen LogP contribution in [0.15, 0.2) is 79.0 Å². The van der Waals surface area contributed by atoms with E-state index in [1.807, 2.05) is 93.6 Å². The van der Waals surface area contributed by atoms with E-state index in [0.29, 0.717) is 12.4 Å². The van der Waals surface area contributed by atoms with Gasteiger partial charge in [0.2, 0.25) is 0 Å². The molecule has 1 N–H and O–H groups in total. The van der Waals surface area contributed by atoms with E-state index in [9.17, 15) is 9.59 Å². The number of nitrogens with zero attached hydrogens (tertiary/aromatic N) is 2. The second-order valence-electron chi connectivity index (χ2n) is 10.0. The number of carbonyl (C=O) groups is 2. The second kappa shape index (κ2) is 10.8. The van der Waals surface area contributed by atoms with Gasteiger partial charge < -0.3 is 9.47 Å². The van der Waals surface area contributed by atoms with E-state index >= 15 is 0 Å². The van der Waals surface area contributed by atoms with E-state index in [1.165, 1.54) is 0 Å². The zero-order valence-corrected chi connectivity index (χ0v) is 22.7. The Morgan fingerprint density at radius 2 is 1.59 bits per heavy atom. The Labute approximate surface area is 228 Å².